The summed E-state index contributed by atoms with van der Waals surface area (Å²) >= 11 is 7.25. The Morgan fingerprint density at radius 1 is 1.32 bits per heavy atom. The van der Waals surface area contributed by atoms with E-state index >= 15 is 0 Å². The van der Waals surface area contributed by atoms with Crippen LogP contribution in [0.1, 0.15) is 60.3 Å². The second kappa shape index (κ2) is 9.47. The Kier molecular flexibility index (Phi) is 7.02. The fourth-order valence-corrected chi connectivity index (χ4v) is 4.57. The third-order valence-corrected chi connectivity index (χ3v) is 6.45. The third kappa shape index (κ3) is 4.89. The molecule has 1 aromatic heterocycles. The van der Waals surface area contributed by atoms with Crippen molar-refractivity contribution in [2.75, 3.05) is 18.4 Å². The molecule has 2 heterocycles. The molecular weight excluding hydrogens is 396 g/mol. The van der Waals surface area contributed by atoms with Crippen molar-refractivity contribution in [3.05, 3.63) is 39.3 Å². The van der Waals surface area contributed by atoms with Gasteiger partial charge in [-0.25, -0.2) is 0 Å². The Morgan fingerprint density at radius 3 is 2.82 bits per heavy atom. The molecule has 3 rings (SSSR count). The number of benzene rings is 1. The summed E-state index contributed by atoms with van der Waals surface area (Å²) in [5, 5.41) is 12.8. The van der Waals surface area contributed by atoms with Crippen LogP contribution in [0.25, 0.3) is 0 Å². The number of likely N-dealkylation sites (tertiary alicyclic amines) is 1. The van der Waals surface area contributed by atoms with Gasteiger partial charge in [0.15, 0.2) is 0 Å². The van der Waals surface area contributed by atoms with Crippen molar-refractivity contribution in [1.29, 1.82) is 0 Å². The Balaban J connectivity index is 1.65. The molecule has 1 aliphatic heterocycles. The normalized spacial score (nSPS) is 17.0. The zero-order valence-corrected chi connectivity index (χ0v) is 17.7. The van der Waals surface area contributed by atoms with E-state index in [0.29, 0.717) is 22.3 Å². The maximum Gasteiger partial charge on any atom is 0.286 e. The van der Waals surface area contributed by atoms with E-state index in [4.69, 9.17) is 11.6 Å². The number of halogens is 1. The number of amides is 2. The van der Waals surface area contributed by atoms with E-state index < -0.39 is 0 Å². The van der Waals surface area contributed by atoms with E-state index in [2.05, 4.69) is 29.4 Å². The van der Waals surface area contributed by atoms with Gasteiger partial charge >= 0.3 is 0 Å². The zero-order valence-electron chi connectivity index (χ0n) is 16.2. The summed E-state index contributed by atoms with van der Waals surface area (Å²) in [5.74, 6) is 0.161. The average molecular weight is 421 g/mol. The maximum atomic E-state index is 12.7. The first-order valence-corrected chi connectivity index (χ1v) is 10.9. The molecule has 28 heavy (non-hydrogen) atoms. The number of aromatic nitrogens is 2. The van der Waals surface area contributed by atoms with Crippen molar-refractivity contribution in [1.82, 2.24) is 15.1 Å². The minimum Gasteiger partial charge on any atom is -0.342 e. The van der Waals surface area contributed by atoms with Crippen LogP contribution in [0.3, 0.4) is 0 Å². The van der Waals surface area contributed by atoms with Gasteiger partial charge in [-0.3, -0.25) is 9.59 Å². The molecule has 2 aromatic rings. The molecule has 0 unspecified atom stereocenters. The molecule has 0 radical (unpaired) electrons. The fourth-order valence-electron chi connectivity index (χ4n) is 3.52. The SMILES string of the molecule is CCC(CC)C(=O)N1CCC[C@H](c2nnc(C(=O)Nc3cccc(Cl)c3)s2)C1. The van der Waals surface area contributed by atoms with Gasteiger partial charge < -0.3 is 10.2 Å². The van der Waals surface area contributed by atoms with Crippen LogP contribution < -0.4 is 5.32 Å². The highest BCUT2D eigenvalue weighted by Crippen LogP contribution is 2.30. The monoisotopic (exact) mass is 420 g/mol. The summed E-state index contributed by atoms with van der Waals surface area (Å²) in [7, 11) is 0. The molecule has 8 heteroatoms. The largest absolute Gasteiger partial charge is 0.342 e. The molecule has 150 valence electrons. The predicted octanol–water partition coefficient (Wildman–Crippen LogP) is 4.59. The second-order valence-corrected chi connectivity index (χ2v) is 8.49. The molecule has 6 nitrogen and oxygen atoms in total. The Bertz CT molecular complexity index is 837. The van der Waals surface area contributed by atoms with Crippen LogP contribution in [0, 0.1) is 5.92 Å². The standard InChI is InChI=1S/C20H25ClN4O2S/c1-3-13(4-2)20(27)25-10-6-7-14(12-25)18-23-24-19(28-18)17(26)22-16-9-5-8-15(21)11-16/h5,8-9,11,13-14H,3-4,6-7,10,12H2,1-2H3,(H,22,26)/t14-/m0/s1. The Morgan fingerprint density at radius 2 is 2.11 bits per heavy atom. The molecule has 1 aromatic carbocycles. The highest BCUT2D eigenvalue weighted by atomic mass is 35.5. The van der Waals surface area contributed by atoms with E-state index in [9.17, 15) is 9.59 Å². The quantitative estimate of drug-likeness (QED) is 0.741. The second-order valence-electron chi connectivity index (χ2n) is 7.05. The smallest absolute Gasteiger partial charge is 0.286 e. The summed E-state index contributed by atoms with van der Waals surface area (Å²) in [5.41, 5.74) is 0.619. The zero-order chi connectivity index (χ0) is 20.1. The predicted molar refractivity (Wildman–Crippen MR) is 112 cm³/mol. The molecule has 1 aliphatic rings. The van der Waals surface area contributed by atoms with Crippen molar-refractivity contribution >= 4 is 40.4 Å². The number of rotatable bonds is 6. The lowest BCUT2D eigenvalue weighted by molar-refractivity contribution is -0.137. The van der Waals surface area contributed by atoms with E-state index in [-0.39, 0.29) is 23.7 Å². The summed E-state index contributed by atoms with van der Waals surface area (Å²) < 4.78 is 0. The van der Waals surface area contributed by atoms with Crippen molar-refractivity contribution < 1.29 is 9.59 Å². The first-order chi connectivity index (χ1) is 13.5. The summed E-state index contributed by atoms with van der Waals surface area (Å²) in [6.07, 6.45) is 3.63. The van der Waals surface area contributed by atoms with Crippen molar-refractivity contribution in [2.45, 2.75) is 45.4 Å². The van der Waals surface area contributed by atoms with Crippen LogP contribution in [0.5, 0.6) is 0 Å². The number of nitrogens with one attached hydrogen (secondary N) is 1. The summed E-state index contributed by atoms with van der Waals surface area (Å²) in [6.45, 7) is 5.57. The molecule has 1 fully saturated rings. The van der Waals surface area contributed by atoms with Crippen LogP contribution in [0.4, 0.5) is 5.69 Å². The lowest BCUT2D eigenvalue weighted by Crippen LogP contribution is -2.42. The molecule has 1 N–H and O–H groups in total. The highest BCUT2D eigenvalue weighted by Gasteiger charge is 2.30. The minimum atomic E-state index is -0.299. The van der Waals surface area contributed by atoms with Crippen LogP contribution in [-0.4, -0.2) is 40.0 Å². The molecule has 0 bridgehead atoms. The number of hydrogen-bond donors (Lipinski definition) is 1. The lowest BCUT2D eigenvalue weighted by Gasteiger charge is -2.33. The van der Waals surface area contributed by atoms with Crippen LogP contribution in [-0.2, 0) is 4.79 Å². The van der Waals surface area contributed by atoms with Gasteiger partial charge in [-0.15, -0.1) is 10.2 Å². The lowest BCUT2D eigenvalue weighted by atomic mass is 9.95. The molecule has 0 spiro atoms. The Hall–Kier alpha value is -1.99. The van der Waals surface area contributed by atoms with Gasteiger partial charge in [0, 0.05) is 35.6 Å². The van der Waals surface area contributed by atoms with Crippen molar-refractivity contribution in [2.24, 2.45) is 5.92 Å². The van der Waals surface area contributed by atoms with Crippen LogP contribution >= 0.6 is 22.9 Å². The maximum absolute atomic E-state index is 12.7. The Labute approximate surface area is 174 Å². The number of carbonyl (C=O) groups excluding carboxylic acids is 2. The number of carbonyl (C=O) groups is 2. The molecule has 0 saturated carbocycles. The molecule has 0 aliphatic carbocycles. The summed E-state index contributed by atoms with van der Waals surface area (Å²) in [6, 6.07) is 6.98. The van der Waals surface area contributed by atoms with Gasteiger partial charge in [0.25, 0.3) is 5.91 Å². The molecule has 1 atom stereocenters. The number of nitrogens with zero attached hydrogens (tertiary/aromatic N) is 3. The first kappa shape index (κ1) is 20.7. The van der Waals surface area contributed by atoms with Crippen molar-refractivity contribution in [3.8, 4) is 0 Å². The van der Waals surface area contributed by atoms with Gasteiger partial charge in [0.1, 0.15) is 5.01 Å². The first-order valence-electron chi connectivity index (χ1n) is 9.70. The number of piperidine rings is 1. The van der Waals surface area contributed by atoms with Crippen molar-refractivity contribution in [3.63, 3.8) is 0 Å². The van der Waals surface area contributed by atoms with Crippen LogP contribution in [0.15, 0.2) is 24.3 Å². The van der Waals surface area contributed by atoms with E-state index in [0.717, 1.165) is 37.2 Å². The van der Waals surface area contributed by atoms with Crippen LogP contribution in [0.2, 0.25) is 5.02 Å². The van der Waals surface area contributed by atoms with E-state index in [1.807, 2.05) is 4.90 Å². The van der Waals surface area contributed by atoms with Gasteiger partial charge in [-0.05, 0) is 43.9 Å². The van der Waals surface area contributed by atoms with Gasteiger partial charge in [-0.2, -0.15) is 0 Å². The third-order valence-electron chi connectivity index (χ3n) is 5.13. The number of hydrogen-bond acceptors (Lipinski definition) is 5. The fraction of sp³-hybridized carbons (Fsp3) is 0.500. The number of anilines is 1. The van der Waals surface area contributed by atoms with E-state index in [1.165, 1.54) is 11.3 Å². The topological polar surface area (TPSA) is 75.2 Å². The highest BCUT2D eigenvalue weighted by molar-refractivity contribution is 7.13. The summed E-state index contributed by atoms with van der Waals surface area (Å²) in [4.78, 5) is 27.1. The van der Waals surface area contributed by atoms with E-state index in [1.54, 1.807) is 24.3 Å². The molecular formula is C20H25ClN4O2S. The van der Waals surface area contributed by atoms with Gasteiger partial charge in [-0.1, -0.05) is 42.9 Å². The van der Waals surface area contributed by atoms with Gasteiger partial charge in [0.2, 0.25) is 10.9 Å². The average Bonchev–Trinajstić information content (AvgIpc) is 3.19. The molecule has 1 saturated heterocycles. The van der Waals surface area contributed by atoms with Gasteiger partial charge in [0.05, 0.1) is 0 Å². The minimum absolute atomic E-state index is 0.0900. The molecule has 2 amide bonds.